The Morgan fingerprint density at radius 3 is 2.72 bits per heavy atom. The molecule has 1 aromatic carbocycles. The number of carbonyl (C=O) groups excluding carboxylic acids is 1. The monoisotopic (exact) mass is 259 g/mol. The minimum Gasteiger partial charge on any atom is -0.472 e. The first kappa shape index (κ1) is 11.4. The Balaban J connectivity index is 1.94. The molecule has 0 saturated heterocycles. The summed E-state index contributed by atoms with van der Waals surface area (Å²) in [6, 6.07) is 9.09. The van der Waals surface area contributed by atoms with Gasteiger partial charge < -0.3 is 10.5 Å². The van der Waals surface area contributed by atoms with Crippen LogP contribution >= 0.6 is 11.8 Å². The summed E-state index contributed by atoms with van der Waals surface area (Å²) < 4.78 is 5.70. The summed E-state index contributed by atoms with van der Waals surface area (Å²) in [7, 11) is 0. The van der Waals surface area contributed by atoms with Gasteiger partial charge in [0.1, 0.15) is 0 Å². The van der Waals surface area contributed by atoms with Crippen LogP contribution in [0.25, 0.3) is 0 Å². The molecule has 2 unspecified atom stereocenters. The van der Waals surface area contributed by atoms with Crippen LogP contribution in [0, 0.1) is 5.92 Å². The predicted molar refractivity (Wildman–Crippen MR) is 71.7 cm³/mol. The van der Waals surface area contributed by atoms with Gasteiger partial charge in [-0.15, -0.1) is 0 Å². The summed E-state index contributed by atoms with van der Waals surface area (Å²) in [4.78, 5) is 12.3. The number of hydrogen-bond donors (Lipinski definition) is 1. The fourth-order valence-electron chi connectivity index (χ4n) is 2.26. The molecule has 0 aliphatic carbocycles. The van der Waals surface area contributed by atoms with Gasteiger partial charge in [0.25, 0.3) is 0 Å². The van der Waals surface area contributed by atoms with Crippen LogP contribution in [0.1, 0.15) is 17.3 Å². The highest BCUT2D eigenvalue weighted by Crippen LogP contribution is 2.45. The first-order valence-corrected chi connectivity index (χ1v) is 6.71. The van der Waals surface area contributed by atoms with Gasteiger partial charge in [0.2, 0.25) is 5.78 Å². The summed E-state index contributed by atoms with van der Waals surface area (Å²) in [5.41, 5.74) is 8.35. The van der Waals surface area contributed by atoms with E-state index in [1.807, 2.05) is 30.5 Å². The van der Waals surface area contributed by atoms with Crippen LogP contribution in [-0.4, -0.2) is 11.2 Å². The van der Waals surface area contributed by atoms with Crippen molar-refractivity contribution in [2.45, 2.75) is 12.4 Å². The highest BCUT2D eigenvalue weighted by atomic mass is 32.2. The van der Waals surface area contributed by atoms with Crippen molar-refractivity contribution in [1.29, 1.82) is 0 Å². The van der Waals surface area contributed by atoms with E-state index in [9.17, 15) is 4.79 Å². The van der Waals surface area contributed by atoms with E-state index >= 15 is 0 Å². The lowest BCUT2D eigenvalue weighted by molar-refractivity contribution is 0.0919. The molecule has 2 atom stereocenters. The number of benzene rings is 1. The lowest BCUT2D eigenvalue weighted by Gasteiger charge is -2.10. The van der Waals surface area contributed by atoms with Crippen molar-refractivity contribution in [3.63, 3.8) is 0 Å². The maximum absolute atomic E-state index is 12.3. The van der Waals surface area contributed by atoms with Crippen LogP contribution in [0.15, 0.2) is 52.8 Å². The van der Waals surface area contributed by atoms with Crippen molar-refractivity contribution in [3.8, 4) is 0 Å². The molecule has 0 fully saturated rings. The van der Waals surface area contributed by atoms with Crippen molar-refractivity contribution >= 4 is 17.5 Å². The third-order valence-corrected chi connectivity index (χ3v) is 4.37. The second-order valence-corrected chi connectivity index (χ2v) is 5.41. The number of fused-ring (bicyclic) bond motifs is 1. The molecular weight excluding hydrogens is 246 g/mol. The average molecular weight is 259 g/mol. The minimum atomic E-state index is -0.129. The third kappa shape index (κ3) is 1.64. The Morgan fingerprint density at radius 1 is 1.33 bits per heavy atom. The molecule has 1 aromatic rings. The quantitative estimate of drug-likeness (QED) is 0.830. The topological polar surface area (TPSA) is 52.3 Å². The fraction of sp³-hybridized carbons (Fsp3) is 0.214. The van der Waals surface area contributed by atoms with Gasteiger partial charge in [-0.3, -0.25) is 4.79 Å². The number of ketones is 1. The molecule has 0 saturated carbocycles. The van der Waals surface area contributed by atoms with Crippen molar-refractivity contribution in [2.75, 3.05) is 0 Å². The first-order valence-electron chi connectivity index (χ1n) is 5.76. The largest absolute Gasteiger partial charge is 0.472 e. The van der Waals surface area contributed by atoms with Gasteiger partial charge in [0.15, 0.2) is 11.2 Å². The third-order valence-electron chi connectivity index (χ3n) is 3.22. The van der Waals surface area contributed by atoms with E-state index in [1.54, 1.807) is 23.9 Å². The van der Waals surface area contributed by atoms with Gasteiger partial charge in [-0.1, -0.05) is 47.7 Å². The molecule has 92 valence electrons. The number of hydrogen-bond acceptors (Lipinski definition) is 4. The Kier molecular flexibility index (Phi) is 2.67. The van der Waals surface area contributed by atoms with Gasteiger partial charge in [0, 0.05) is 5.56 Å². The Morgan fingerprint density at radius 2 is 2.06 bits per heavy atom. The molecule has 0 aromatic heterocycles. The summed E-state index contributed by atoms with van der Waals surface area (Å²) >= 11 is 1.58. The number of nitrogens with two attached hydrogens (primary N) is 1. The molecule has 18 heavy (non-hydrogen) atoms. The number of Topliss-reactive ketones (excluding diaryl/α,β-unsaturated/α-hetero) is 1. The van der Waals surface area contributed by atoms with Crippen molar-refractivity contribution in [1.82, 2.24) is 0 Å². The fourth-order valence-corrected chi connectivity index (χ4v) is 3.42. The summed E-state index contributed by atoms with van der Waals surface area (Å²) in [6.45, 7) is 2.02. The Labute approximate surface area is 110 Å². The van der Waals surface area contributed by atoms with E-state index in [2.05, 4.69) is 0 Å². The van der Waals surface area contributed by atoms with Gasteiger partial charge >= 0.3 is 0 Å². The van der Waals surface area contributed by atoms with Crippen molar-refractivity contribution in [3.05, 3.63) is 58.3 Å². The molecule has 3 nitrogen and oxygen atoms in total. The summed E-state index contributed by atoms with van der Waals surface area (Å²) in [6.07, 6.45) is 0. The highest BCUT2D eigenvalue weighted by molar-refractivity contribution is 8.02. The van der Waals surface area contributed by atoms with Crippen LogP contribution in [0.5, 0.6) is 0 Å². The lowest BCUT2D eigenvalue weighted by Crippen LogP contribution is -2.15. The van der Waals surface area contributed by atoms with Gasteiger partial charge in [0.05, 0.1) is 11.6 Å². The van der Waals surface area contributed by atoms with Crippen LogP contribution in [0.4, 0.5) is 0 Å². The van der Waals surface area contributed by atoms with Crippen LogP contribution in [-0.2, 0) is 4.74 Å². The predicted octanol–water partition coefficient (Wildman–Crippen LogP) is 2.66. The molecule has 0 radical (unpaired) electrons. The number of allylic oxidation sites excluding steroid dienone is 1. The normalized spacial score (nSPS) is 25.7. The molecule has 4 heteroatoms. The molecule has 0 amide bonds. The zero-order valence-corrected chi connectivity index (χ0v) is 10.7. The lowest BCUT2D eigenvalue weighted by atomic mass is 9.99. The second-order valence-electron chi connectivity index (χ2n) is 4.44. The molecule has 0 spiro atoms. The Hall–Kier alpha value is -1.68. The summed E-state index contributed by atoms with van der Waals surface area (Å²) in [5, 5.41) is 2.05. The van der Waals surface area contributed by atoms with E-state index in [4.69, 9.17) is 10.5 Å². The highest BCUT2D eigenvalue weighted by Gasteiger charge is 2.42. The SMILES string of the molecule is CC1=CSC2OC(C(=O)c3ccccc3)=C(N)C12. The maximum atomic E-state index is 12.3. The van der Waals surface area contributed by atoms with E-state index in [-0.39, 0.29) is 17.1 Å². The van der Waals surface area contributed by atoms with Crippen molar-refractivity contribution < 1.29 is 9.53 Å². The zero-order chi connectivity index (χ0) is 12.7. The van der Waals surface area contributed by atoms with Crippen LogP contribution < -0.4 is 5.73 Å². The number of rotatable bonds is 2. The number of carbonyl (C=O) groups is 1. The van der Waals surface area contributed by atoms with Crippen LogP contribution in [0.2, 0.25) is 0 Å². The number of thioether (sulfide) groups is 1. The molecule has 2 N–H and O–H groups in total. The molecule has 2 aliphatic rings. The van der Waals surface area contributed by atoms with E-state index in [0.717, 1.165) is 0 Å². The average Bonchev–Trinajstić information content (AvgIpc) is 2.92. The van der Waals surface area contributed by atoms with E-state index in [1.165, 1.54) is 5.57 Å². The molecule has 2 aliphatic heterocycles. The van der Waals surface area contributed by atoms with Crippen molar-refractivity contribution in [2.24, 2.45) is 11.7 Å². The molecule has 0 bridgehead atoms. The maximum Gasteiger partial charge on any atom is 0.229 e. The van der Waals surface area contributed by atoms with E-state index in [0.29, 0.717) is 17.0 Å². The van der Waals surface area contributed by atoms with E-state index < -0.39 is 0 Å². The standard InChI is InChI=1S/C14H13NO2S/c1-8-7-18-14-10(8)11(15)13(17-14)12(16)9-5-3-2-4-6-9/h2-7,10,14H,15H2,1H3. The smallest absolute Gasteiger partial charge is 0.229 e. The van der Waals surface area contributed by atoms with Gasteiger partial charge in [-0.05, 0) is 12.3 Å². The molecule has 3 rings (SSSR count). The number of ether oxygens (including phenoxy) is 1. The first-order chi connectivity index (χ1) is 8.68. The second kappa shape index (κ2) is 4.21. The minimum absolute atomic E-state index is 0.0534. The molecule has 2 heterocycles. The summed E-state index contributed by atoms with van der Waals surface area (Å²) in [5.74, 6) is 0.240. The zero-order valence-electron chi connectivity index (χ0n) is 9.92. The Bertz CT molecular complexity index is 562. The van der Waals surface area contributed by atoms with Crippen LogP contribution in [0.3, 0.4) is 0 Å². The van der Waals surface area contributed by atoms with Gasteiger partial charge in [-0.2, -0.15) is 0 Å². The molecular formula is C14H13NO2S. The van der Waals surface area contributed by atoms with Gasteiger partial charge in [-0.25, -0.2) is 0 Å².